The number of hydrogen-bond donors (Lipinski definition) is 2. The number of nitrogens with one attached hydrogen (secondary N) is 1. The Hall–Kier alpha value is -3.72. The average Bonchev–Trinajstić information content (AvgIpc) is 2.67. The summed E-state index contributed by atoms with van der Waals surface area (Å²) < 4.78 is 10.6. The monoisotopic (exact) mass is 348 g/mol. The van der Waals surface area contributed by atoms with Gasteiger partial charge in [-0.15, -0.1) is 0 Å². The number of methoxy groups -OCH3 is 2. The first kappa shape index (κ1) is 17.1. The molecule has 2 N–H and O–H groups in total. The van der Waals surface area contributed by atoms with Crippen LogP contribution in [-0.2, 0) is 0 Å². The summed E-state index contributed by atoms with van der Waals surface area (Å²) in [5.41, 5.74) is 1.81. The van der Waals surface area contributed by atoms with Crippen molar-refractivity contribution in [2.75, 3.05) is 14.2 Å². The van der Waals surface area contributed by atoms with Gasteiger partial charge in [-0.1, -0.05) is 12.1 Å². The number of hydrogen-bond acceptors (Lipinski definition) is 5. The Morgan fingerprint density at radius 3 is 2.35 bits per heavy atom. The summed E-state index contributed by atoms with van der Waals surface area (Å²) in [6.07, 6.45) is 0. The first-order valence-corrected chi connectivity index (χ1v) is 7.76. The van der Waals surface area contributed by atoms with E-state index in [0.29, 0.717) is 33.9 Å². The van der Waals surface area contributed by atoms with Crippen LogP contribution in [0.3, 0.4) is 0 Å². The molecule has 0 fully saturated rings. The molecule has 3 rings (SSSR count). The second-order valence-electron chi connectivity index (χ2n) is 5.53. The Bertz CT molecular complexity index is 1050. The number of rotatable bonds is 4. The van der Waals surface area contributed by atoms with Gasteiger partial charge in [0.25, 0.3) is 5.56 Å². The maximum atomic E-state index is 12.4. The van der Waals surface area contributed by atoms with Gasteiger partial charge in [-0.2, -0.15) is 5.26 Å². The highest BCUT2D eigenvalue weighted by molar-refractivity contribution is 5.77. The number of aromatic hydroxyl groups is 1. The number of ether oxygens (including phenoxy) is 2. The Morgan fingerprint density at radius 1 is 1.00 bits per heavy atom. The van der Waals surface area contributed by atoms with Gasteiger partial charge in [-0.05, 0) is 35.9 Å². The molecule has 6 heteroatoms. The van der Waals surface area contributed by atoms with Crippen molar-refractivity contribution in [1.29, 1.82) is 5.26 Å². The molecule has 26 heavy (non-hydrogen) atoms. The van der Waals surface area contributed by atoms with Crippen LogP contribution in [-0.4, -0.2) is 24.3 Å². The van der Waals surface area contributed by atoms with Gasteiger partial charge in [0.05, 0.1) is 19.9 Å². The highest BCUT2D eigenvalue weighted by Crippen LogP contribution is 2.34. The summed E-state index contributed by atoms with van der Waals surface area (Å²) in [7, 11) is 3.09. The normalized spacial score (nSPS) is 10.2. The predicted molar refractivity (Wildman–Crippen MR) is 97.4 cm³/mol. The van der Waals surface area contributed by atoms with E-state index in [9.17, 15) is 15.2 Å². The van der Waals surface area contributed by atoms with Gasteiger partial charge in [-0.25, -0.2) is 0 Å². The fraction of sp³-hybridized carbons (Fsp3) is 0.100. The predicted octanol–water partition coefficient (Wildman–Crippen LogP) is 3.30. The molecule has 0 spiro atoms. The summed E-state index contributed by atoms with van der Waals surface area (Å²) in [5.74, 6) is 1.26. The van der Waals surface area contributed by atoms with Gasteiger partial charge < -0.3 is 19.6 Å². The molecule has 0 aliphatic heterocycles. The average molecular weight is 348 g/mol. The van der Waals surface area contributed by atoms with Gasteiger partial charge in [0.1, 0.15) is 28.9 Å². The summed E-state index contributed by atoms with van der Waals surface area (Å²) in [5, 5.41) is 18.9. The lowest BCUT2D eigenvalue weighted by Crippen LogP contribution is -2.13. The fourth-order valence-electron chi connectivity index (χ4n) is 2.71. The molecular formula is C20H16N2O4. The molecule has 0 saturated heterocycles. The van der Waals surface area contributed by atoms with Crippen molar-refractivity contribution in [3.63, 3.8) is 0 Å². The van der Waals surface area contributed by atoms with Gasteiger partial charge in [0.15, 0.2) is 0 Å². The zero-order chi connectivity index (χ0) is 18.7. The lowest BCUT2D eigenvalue weighted by molar-refractivity contribution is 0.395. The summed E-state index contributed by atoms with van der Waals surface area (Å²) in [6, 6.07) is 15.2. The molecule has 0 radical (unpaired) electrons. The first-order valence-electron chi connectivity index (χ1n) is 7.76. The van der Waals surface area contributed by atoms with Crippen LogP contribution in [0.1, 0.15) is 5.56 Å². The second kappa shape index (κ2) is 7.03. The molecule has 0 amide bonds. The molecule has 1 heterocycles. The minimum Gasteiger partial charge on any atom is -0.508 e. The molecule has 3 aromatic rings. The number of nitrogens with zero attached hydrogens (tertiary/aromatic N) is 1. The number of aromatic amines is 1. The lowest BCUT2D eigenvalue weighted by atomic mass is 9.98. The van der Waals surface area contributed by atoms with Gasteiger partial charge in [0.2, 0.25) is 0 Å². The summed E-state index contributed by atoms with van der Waals surface area (Å²) >= 11 is 0. The Kier molecular flexibility index (Phi) is 4.63. The van der Waals surface area contributed by atoms with E-state index in [4.69, 9.17) is 9.47 Å². The number of H-pyrrole nitrogens is 1. The van der Waals surface area contributed by atoms with Gasteiger partial charge in [0, 0.05) is 17.2 Å². The van der Waals surface area contributed by atoms with Crippen molar-refractivity contribution in [1.82, 2.24) is 4.98 Å². The van der Waals surface area contributed by atoms with Gasteiger partial charge >= 0.3 is 0 Å². The molecule has 6 nitrogen and oxygen atoms in total. The van der Waals surface area contributed by atoms with E-state index in [1.165, 1.54) is 19.2 Å². The molecule has 0 atom stereocenters. The summed E-state index contributed by atoms with van der Waals surface area (Å²) in [4.78, 5) is 15.2. The highest BCUT2D eigenvalue weighted by Gasteiger charge is 2.15. The molecule has 0 saturated carbocycles. The van der Waals surface area contributed by atoms with Crippen LogP contribution in [0, 0.1) is 11.3 Å². The number of benzene rings is 2. The van der Waals surface area contributed by atoms with Crippen LogP contribution in [0.5, 0.6) is 17.2 Å². The topological polar surface area (TPSA) is 95.3 Å². The van der Waals surface area contributed by atoms with Crippen molar-refractivity contribution in [2.24, 2.45) is 0 Å². The van der Waals surface area contributed by atoms with E-state index >= 15 is 0 Å². The molecule has 1 aromatic heterocycles. The van der Waals surface area contributed by atoms with Crippen molar-refractivity contribution in [3.8, 4) is 45.7 Å². The summed E-state index contributed by atoms with van der Waals surface area (Å²) in [6.45, 7) is 0. The Balaban J connectivity index is 2.24. The Morgan fingerprint density at radius 2 is 1.73 bits per heavy atom. The van der Waals surface area contributed by atoms with Crippen LogP contribution >= 0.6 is 0 Å². The van der Waals surface area contributed by atoms with E-state index in [2.05, 4.69) is 4.98 Å². The number of phenols is 1. The third-order valence-corrected chi connectivity index (χ3v) is 4.02. The second-order valence-corrected chi connectivity index (χ2v) is 5.53. The SMILES string of the molecule is COc1ccc(-c2cc(-c3ccc(O)cc3)c(C#N)c(=O)[nH]2)c(OC)c1. The number of aromatic nitrogens is 1. The molecule has 0 unspecified atom stereocenters. The number of nitriles is 1. The zero-order valence-corrected chi connectivity index (χ0v) is 14.2. The van der Waals surface area contributed by atoms with Crippen LogP contribution < -0.4 is 15.0 Å². The van der Waals surface area contributed by atoms with E-state index in [1.54, 1.807) is 43.5 Å². The Labute approximate surface area is 149 Å². The molecule has 0 aliphatic carbocycles. The number of pyridine rings is 1. The molecule has 130 valence electrons. The zero-order valence-electron chi connectivity index (χ0n) is 14.2. The quantitative estimate of drug-likeness (QED) is 0.754. The maximum Gasteiger partial charge on any atom is 0.266 e. The van der Waals surface area contributed by atoms with E-state index in [-0.39, 0.29) is 11.3 Å². The largest absolute Gasteiger partial charge is 0.508 e. The number of phenolic OH excluding ortho intramolecular Hbond substituents is 1. The first-order chi connectivity index (χ1) is 12.6. The van der Waals surface area contributed by atoms with E-state index in [1.807, 2.05) is 6.07 Å². The van der Waals surface area contributed by atoms with Crippen molar-refractivity contribution < 1.29 is 14.6 Å². The molecular weight excluding hydrogens is 332 g/mol. The van der Waals surface area contributed by atoms with E-state index in [0.717, 1.165) is 0 Å². The maximum absolute atomic E-state index is 12.4. The van der Waals surface area contributed by atoms with Crippen LogP contribution in [0.15, 0.2) is 53.3 Å². The smallest absolute Gasteiger partial charge is 0.266 e. The van der Waals surface area contributed by atoms with Crippen LogP contribution in [0.2, 0.25) is 0 Å². The van der Waals surface area contributed by atoms with Crippen molar-refractivity contribution in [3.05, 3.63) is 64.4 Å². The minimum absolute atomic E-state index is 0.00641. The lowest BCUT2D eigenvalue weighted by Gasteiger charge is -2.12. The molecule has 0 aliphatic rings. The molecule has 2 aromatic carbocycles. The van der Waals surface area contributed by atoms with Crippen LogP contribution in [0.4, 0.5) is 0 Å². The molecule has 0 bridgehead atoms. The highest BCUT2D eigenvalue weighted by atomic mass is 16.5. The third-order valence-electron chi connectivity index (χ3n) is 4.02. The fourth-order valence-corrected chi connectivity index (χ4v) is 2.71. The van der Waals surface area contributed by atoms with E-state index < -0.39 is 5.56 Å². The van der Waals surface area contributed by atoms with Crippen molar-refractivity contribution in [2.45, 2.75) is 0 Å². The van der Waals surface area contributed by atoms with Crippen molar-refractivity contribution >= 4 is 0 Å². The van der Waals surface area contributed by atoms with Crippen LogP contribution in [0.25, 0.3) is 22.4 Å². The standard InChI is InChI=1S/C20H16N2O4/c1-25-14-7-8-15(19(9-14)26-2)18-10-16(17(11-21)20(24)22-18)12-3-5-13(23)6-4-12/h3-10,23H,1-2H3,(H,22,24). The van der Waals surface area contributed by atoms with Gasteiger partial charge in [-0.3, -0.25) is 4.79 Å². The minimum atomic E-state index is -0.494. The third kappa shape index (κ3) is 3.10.